The number of pyridine rings is 1. The maximum atomic E-state index is 12.2. The van der Waals surface area contributed by atoms with Crippen LogP contribution >= 0.6 is 0 Å². The lowest BCUT2D eigenvalue weighted by Crippen LogP contribution is -2.41. The molecular formula is C14H23BN2O4S. The van der Waals surface area contributed by atoms with Crippen LogP contribution in [0.1, 0.15) is 41.5 Å². The maximum absolute atomic E-state index is 12.2. The minimum absolute atomic E-state index is 0.105. The van der Waals surface area contributed by atoms with E-state index in [0.29, 0.717) is 5.46 Å². The molecule has 0 amide bonds. The van der Waals surface area contributed by atoms with Gasteiger partial charge >= 0.3 is 7.12 Å². The summed E-state index contributed by atoms with van der Waals surface area (Å²) in [6, 6.07) is 1.35. The highest BCUT2D eigenvalue weighted by molar-refractivity contribution is 7.89. The second kappa shape index (κ2) is 5.60. The molecule has 22 heavy (non-hydrogen) atoms. The average Bonchev–Trinajstić information content (AvgIpc) is 2.57. The fraction of sp³-hybridized carbons (Fsp3) is 0.643. The Balaban J connectivity index is 2.31. The number of sulfonamides is 1. The normalized spacial score (nSPS) is 20.6. The fourth-order valence-electron chi connectivity index (χ4n) is 2.07. The first kappa shape index (κ1) is 17.4. The molecule has 1 fully saturated rings. The molecule has 0 bridgehead atoms. The van der Waals surface area contributed by atoms with E-state index in [4.69, 9.17) is 9.31 Å². The molecule has 0 unspecified atom stereocenters. The van der Waals surface area contributed by atoms with Crippen molar-refractivity contribution in [2.45, 2.75) is 63.7 Å². The van der Waals surface area contributed by atoms with E-state index >= 15 is 0 Å². The largest absolute Gasteiger partial charge is 0.496 e. The third kappa shape index (κ3) is 3.35. The lowest BCUT2D eigenvalue weighted by molar-refractivity contribution is 0.00578. The zero-order valence-corrected chi connectivity index (χ0v) is 14.7. The minimum atomic E-state index is -3.59. The molecule has 122 valence electrons. The molecule has 8 heteroatoms. The first-order valence-corrected chi connectivity index (χ1v) is 8.76. The van der Waals surface area contributed by atoms with Gasteiger partial charge in [0, 0.05) is 23.9 Å². The Hall–Kier alpha value is -0.955. The number of aromatic nitrogens is 1. The van der Waals surface area contributed by atoms with Gasteiger partial charge in [-0.2, -0.15) is 0 Å². The van der Waals surface area contributed by atoms with E-state index < -0.39 is 28.3 Å². The van der Waals surface area contributed by atoms with Gasteiger partial charge in [-0.05, 0) is 47.6 Å². The molecule has 2 rings (SSSR count). The van der Waals surface area contributed by atoms with Crippen molar-refractivity contribution in [2.75, 3.05) is 0 Å². The highest BCUT2D eigenvalue weighted by Gasteiger charge is 2.51. The van der Waals surface area contributed by atoms with E-state index in [1.165, 1.54) is 6.20 Å². The summed E-state index contributed by atoms with van der Waals surface area (Å²) in [4.78, 5) is 4.12. The first-order valence-electron chi connectivity index (χ1n) is 7.27. The van der Waals surface area contributed by atoms with E-state index in [-0.39, 0.29) is 10.9 Å². The molecule has 0 aliphatic carbocycles. The monoisotopic (exact) mass is 326 g/mol. The summed E-state index contributed by atoms with van der Waals surface area (Å²) < 4.78 is 38.8. The van der Waals surface area contributed by atoms with Crippen LogP contribution in [0.15, 0.2) is 23.4 Å². The maximum Gasteiger partial charge on any atom is 0.496 e. The second-order valence-corrected chi connectivity index (χ2v) is 8.53. The molecular weight excluding hydrogens is 303 g/mol. The molecule has 1 aliphatic heterocycles. The summed E-state index contributed by atoms with van der Waals surface area (Å²) in [5.74, 6) is 0. The van der Waals surface area contributed by atoms with Crippen LogP contribution in [0.4, 0.5) is 0 Å². The van der Waals surface area contributed by atoms with Gasteiger partial charge in [0.05, 0.1) is 16.1 Å². The Labute approximate surface area is 132 Å². The predicted octanol–water partition coefficient (Wildman–Crippen LogP) is 1.07. The molecule has 1 N–H and O–H groups in total. The summed E-state index contributed by atoms with van der Waals surface area (Å²) in [6.45, 7) is 11.3. The Morgan fingerprint density at radius 2 is 1.68 bits per heavy atom. The van der Waals surface area contributed by atoms with Crippen LogP contribution in [-0.2, 0) is 19.3 Å². The minimum Gasteiger partial charge on any atom is -0.399 e. The summed E-state index contributed by atoms with van der Waals surface area (Å²) in [5.41, 5.74) is -0.379. The zero-order chi connectivity index (χ0) is 16.8. The quantitative estimate of drug-likeness (QED) is 0.838. The number of nitrogens with zero attached hydrogens (tertiary/aromatic N) is 1. The topological polar surface area (TPSA) is 77.5 Å². The molecule has 6 nitrogen and oxygen atoms in total. The van der Waals surface area contributed by atoms with Crippen molar-refractivity contribution in [3.8, 4) is 0 Å². The van der Waals surface area contributed by atoms with Crippen molar-refractivity contribution in [3.63, 3.8) is 0 Å². The molecule has 0 radical (unpaired) electrons. The van der Waals surface area contributed by atoms with Crippen LogP contribution < -0.4 is 10.2 Å². The highest BCUT2D eigenvalue weighted by atomic mass is 32.2. The van der Waals surface area contributed by atoms with E-state index in [2.05, 4.69) is 9.71 Å². The van der Waals surface area contributed by atoms with Crippen LogP contribution in [0.5, 0.6) is 0 Å². The first-order chi connectivity index (χ1) is 9.95. The van der Waals surface area contributed by atoms with E-state index in [1.54, 1.807) is 26.1 Å². The summed E-state index contributed by atoms with van der Waals surface area (Å²) in [7, 11) is -4.23. The van der Waals surface area contributed by atoms with Crippen LogP contribution in [0, 0.1) is 0 Å². The van der Waals surface area contributed by atoms with Gasteiger partial charge < -0.3 is 9.31 Å². The highest BCUT2D eigenvalue weighted by Crippen LogP contribution is 2.36. The predicted molar refractivity (Wildman–Crippen MR) is 85.4 cm³/mol. The van der Waals surface area contributed by atoms with Crippen LogP contribution in [0.3, 0.4) is 0 Å². The standard InChI is InChI=1S/C14H23BN2O4S/c1-10(2)17-22(18,19)12-7-11(8-16-9-12)15-20-13(3,4)14(5,6)21-15/h7-10,17H,1-6H3. The van der Waals surface area contributed by atoms with Gasteiger partial charge in [0.1, 0.15) is 0 Å². The van der Waals surface area contributed by atoms with Crippen molar-refractivity contribution >= 4 is 22.6 Å². The molecule has 1 aliphatic rings. The molecule has 0 saturated carbocycles. The van der Waals surface area contributed by atoms with E-state index in [1.807, 2.05) is 27.7 Å². The van der Waals surface area contributed by atoms with Gasteiger partial charge in [-0.3, -0.25) is 4.98 Å². The Kier molecular flexibility index (Phi) is 4.43. The summed E-state index contributed by atoms with van der Waals surface area (Å²) in [6.07, 6.45) is 2.88. The molecule has 1 aromatic rings. The third-order valence-corrected chi connectivity index (χ3v) is 5.59. The van der Waals surface area contributed by atoms with E-state index in [9.17, 15) is 8.42 Å². The lowest BCUT2D eigenvalue weighted by Gasteiger charge is -2.32. The molecule has 0 spiro atoms. The van der Waals surface area contributed by atoms with Gasteiger partial charge in [-0.1, -0.05) is 0 Å². The van der Waals surface area contributed by atoms with Crippen molar-refractivity contribution in [3.05, 3.63) is 18.5 Å². The van der Waals surface area contributed by atoms with Gasteiger partial charge in [0.25, 0.3) is 0 Å². The lowest BCUT2D eigenvalue weighted by atomic mass is 9.80. The van der Waals surface area contributed by atoms with Crippen LogP contribution in [0.25, 0.3) is 0 Å². The van der Waals surface area contributed by atoms with Gasteiger partial charge in [0.2, 0.25) is 10.0 Å². The number of nitrogens with one attached hydrogen (secondary N) is 1. The smallest absolute Gasteiger partial charge is 0.399 e. The second-order valence-electron chi connectivity index (χ2n) is 6.82. The number of hydrogen-bond acceptors (Lipinski definition) is 5. The molecule has 1 saturated heterocycles. The Morgan fingerprint density at radius 3 is 2.18 bits per heavy atom. The molecule has 0 atom stereocenters. The van der Waals surface area contributed by atoms with Crippen molar-refractivity contribution in [2.24, 2.45) is 0 Å². The Morgan fingerprint density at radius 1 is 1.14 bits per heavy atom. The summed E-state index contributed by atoms with van der Waals surface area (Å²) in [5, 5.41) is 0. The van der Waals surface area contributed by atoms with Crippen molar-refractivity contribution < 1.29 is 17.7 Å². The number of hydrogen-bond donors (Lipinski definition) is 1. The third-order valence-electron chi connectivity index (χ3n) is 3.96. The Bertz CT molecular complexity index is 643. The molecule has 0 aromatic carbocycles. The van der Waals surface area contributed by atoms with Gasteiger partial charge in [-0.25, -0.2) is 13.1 Å². The van der Waals surface area contributed by atoms with Crippen LogP contribution in [0.2, 0.25) is 0 Å². The SMILES string of the molecule is CC(C)NS(=O)(=O)c1cncc(B2OC(C)(C)C(C)(C)O2)c1. The van der Waals surface area contributed by atoms with Crippen molar-refractivity contribution in [1.82, 2.24) is 9.71 Å². The molecule has 2 heterocycles. The van der Waals surface area contributed by atoms with Crippen LogP contribution in [-0.4, -0.2) is 37.8 Å². The van der Waals surface area contributed by atoms with Gasteiger partial charge in [0.15, 0.2) is 0 Å². The zero-order valence-electron chi connectivity index (χ0n) is 13.9. The fourth-order valence-corrected chi connectivity index (χ4v) is 3.32. The number of rotatable bonds is 4. The van der Waals surface area contributed by atoms with Gasteiger partial charge in [-0.15, -0.1) is 0 Å². The van der Waals surface area contributed by atoms with E-state index in [0.717, 1.165) is 0 Å². The average molecular weight is 326 g/mol. The summed E-state index contributed by atoms with van der Waals surface area (Å²) >= 11 is 0. The molecule has 1 aromatic heterocycles. The van der Waals surface area contributed by atoms with Crippen molar-refractivity contribution in [1.29, 1.82) is 0 Å².